The van der Waals surface area contributed by atoms with Gasteiger partial charge in [0.25, 0.3) is 5.91 Å². The van der Waals surface area contributed by atoms with E-state index in [0.29, 0.717) is 0 Å². The molecule has 1 amide bonds. The number of amides is 1. The Hall–Kier alpha value is -2.40. The summed E-state index contributed by atoms with van der Waals surface area (Å²) in [6.45, 7) is 0. The van der Waals surface area contributed by atoms with Crippen molar-refractivity contribution in [3.63, 3.8) is 0 Å². The van der Waals surface area contributed by atoms with E-state index in [1.165, 1.54) is 30.3 Å². The van der Waals surface area contributed by atoms with E-state index in [1.807, 2.05) is 0 Å². The highest BCUT2D eigenvalue weighted by molar-refractivity contribution is 6.31. The highest BCUT2D eigenvalue weighted by Gasteiger charge is 2.10. The van der Waals surface area contributed by atoms with Gasteiger partial charge in [0.05, 0.1) is 11.7 Å². The van der Waals surface area contributed by atoms with Crippen LogP contribution >= 0.6 is 11.6 Å². The van der Waals surface area contributed by atoms with E-state index in [4.69, 9.17) is 11.6 Å². The third kappa shape index (κ3) is 3.13. The maximum absolute atomic E-state index is 12.8. The minimum atomic E-state index is -1.43. The van der Waals surface area contributed by atoms with Gasteiger partial charge in [-0.2, -0.15) is 0 Å². The molecule has 0 aliphatic rings. The van der Waals surface area contributed by atoms with Crippen LogP contribution in [0.2, 0.25) is 5.02 Å². The van der Waals surface area contributed by atoms with Gasteiger partial charge in [0.1, 0.15) is 5.82 Å². The van der Waals surface area contributed by atoms with Crippen molar-refractivity contribution in [3.05, 3.63) is 64.4 Å². The number of carbonyl (C=O) groups excluding carboxylic acids is 2. The van der Waals surface area contributed by atoms with Crippen LogP contribution in [0, 0.1) is 5.82 Å². The first kappa shape index (κ1) is 14.0. The van der Waals surface area contributed by atoms with Gasteiger partial charge in [-0.3, -0.25) is 4.79 Å². The van der Waals surface area contributed by atoms with Crippen LogP contribution in [-0.4, -0.2) is 11.9 Å². The van der Waals surface area contributed by atoms with Crippen molar-refractivity contribution < 1.29 is 19.1 Å². The number of halogens is 2. The molecule has 0 spiro atoms. The molecule has 2 rings (SSSR count). The maximum Gasteiger partial charge on any atom is 0.255 e. The molecule has 0 bridgehead atoms. The number of hydrogen-bond acceptors (Lipinski definition) is 3. The van der Waals surface area contributed by atoms with Crippen LogP contribution < -0.4 is 10.4 Å². The Labute approximate surface area is 118 Å². The molecule has 0 heterocycles. The Kier molecular flexibility index (Phi) is 4.00. The minimum absolute atomic E-state index is 0.0202. The Bertz CT molecular complexity index is 671. The molecule has 0 aliphatic heterocycles. The predicted molar refractivity (Wildman–Crippen MR) is 70.1 cm³/mol. The SMILES string of the molecule is O=C(Nc1cc(Cl)ccc1C(=O)[O-])c1ccc(F)cc1. The van der Waals surface area contributed by atoms with Crippen LogP contribution in [0.4, 0.5) is 10.1 Å². The Morgan fingerprint density at radius 2 is 1.75 bits per heavy atom. The van der Waals surface area contributed by atoms with E-state index >= 15 is 0 Å². The van der Waals surface area contributed by atoms with Gasteiger partial charge in [0, 0.05) is 16.1 Å². The van der Waals surface area contributed by atoms with Gasteiger partial charge in [-0.25, -0.2) is 4.39 Å². The summed E-state index contributed by atoms with van der Waals surface area (Å²) >= 11 is 5.76. The average molecular weight is 293 g/mol. The Balaban J connectivity index is 2.29. The lowest BCUT2D eigenvalue weighted by Gasteiger charge is -2.12. The Morgan fingerprint density at radius 3 is 2.35 bits per heavy atom. The minimum Gasteiger partial charge on any atom is -0.545 e. The molecule has 2 aromatic rings. The summed E-state index contributed by atoms with van der Waals surface area (Å²) < 4.78 is 12.8. The number of aromatic carboxylic acids is 1. The maximum atomic E-state index is 12.8. The summed E-state index contributed by atoms with van der Waals surface area (Å²) in [4.78, 5) is 22.9. The normalized spacial score (nSPS) is 10.1. The summed E-state index contributed by atoms with van der Waals surface area (Å²) in [6.07, 6.45) is 0. The largest absolute Gasteiger partial charge is 0.545 e. The summed E-state index contributed by atoms with van der Waals surface area (Å²) in [5, 5.41) is 13.6. The van der Waals surface area contributed by atoms with Crippen molar-refractivity contribution in [2.24, 2.45) is 0 Å². The van der Waals surface area contributed by atoms with Crippen molar-refractivity contribution in [3.8, 4) is 0 Å². The van der Waals surface area contributed by atoms with E-state index in [2.05, 4.69) is 5.32 Å². The lowest BCUT2D eigenvalue weighted by molar-refractivity contribution is -0.254. The third-order valence-electron chi connectivity index (χ3n) is 2.56. The van der Waals surface area contributed by atoms with Crippen molar-refractivity contribution in [2.45, 2.75) is 0 Å². The molecular weight excluding hydrogens is 285 g/mol. The van der Waals surface area contributed by atoms with Gasteiger partial charge in [-0.1, -0.05) is 11.6 Å². The summed E-state index contributed by atoms with van der Waals surface area (Å²) in [5.74, 6) is -2.48. The second-order valence-corrected chi connectivity index (χ2v) is 4.37. The number of nitrogens with one attached hydrogen (secondary N) is 1. The zero-order chi connectivity index (χ0) is 14.7. The molecule has 0 saturated carbocycles. The van der Waals surface area contributed by atoms with Crippen molar-refractivity contribution in [2.75, 3.05) is 5.32 Å². The number of carbonyl (C=O) groups is 2. The molecule has 4 nitrogen and oxygen atoms in total. The van der Waals surface area contributed by atoms with Gasteiger partial charge in [0.2, 0.25) is 0 Å². The predicted octanol–water partition coefficient (Wildman–Crippen LogP) is 2.09. The molecule has 0 saturated heterocycles. The molecule has 0 unspecified atom stereocenters. The molecule has 0 atom stereocenters. The van der Waals surface area contributed by atoms with E-state index in [0.717, 1.165) is 12.1 Å². The van der Waals surface area contributed by atoms with Crippen LogP contribution in [0.5, 0.6) is 0 Å². The molecular formula is C14H8ClFNO3-. The molecule has 0 fully saturated rings. The Morgan fingerprint density at radius 1 is 1.10 bits per heavy atom. The first-order chi connectivity index (χ1) is 9.47. The lowest BCUT2D eigenvalue weighted by Crippen LogP contribution is -2.24. The van der Waals surface area contributed by atoms with Gasteiger partial charge < -0.3 is 15.2 Å². The fourth-order valence-corrected chi connectivity index (χ4v) is 1.77. The quantitative estimate of drug-likeness (QED) is 0.942. The van der Waals surface area contributed by atoms with Gasteiger partial charge >= 0.3 is 0 Å². The molecule has 0 aromatic heterocycles. The van der Waals surface area contributed by atoms with Crippen molar-refractivity contribution >= 4 is 29.2 Å². The van der Waals surface area contributed by atoms with Crippen molar-refractivity contribution in [1.82, 2.24) is 0 Å². The first-order valence-electron chi connectivity index (χ1n) is 5.55. The highest BCUT2D eigenvalue weighted by atomic mass is 35.5. The highest BCUT2D eigenvalue weighted by Crippen LogP contribution is 2.21. The number of anilines is 1. The monoisotopic (exact) mass is 292 g/mol. The number of carboxylic acid groups (broad SMARTS) is 1. The lowest BCUT2D eigenvalue weighted by atomic mass is 10.1. The second-order valence-electron chi connectivity index (χ2n) is 3.94. The van der Waals surface area contributed by atoms with Gasteiger partial charge in [0.15, 0.2) is 0 Å². The summed E-state index contributed by atoms with van der Waals surface area (Å²) in [5.41, 5.74) is 0.0207. The zero-order valence-corrected chi connectivity index (χ0v) is 10.8. The topological polar surface area (TPSA) is 69.2 Å². The first-order valence-corrected chi connectivity index (χ1v) is 5.93. The second kappa shape index (κ2) is 5.71. The fourth-order valence-electron chi connectivity index (χ4n) is 1.59. The third-order valence-corrected chi connectivity index (χ3v) is 2.79. The van der Waals surface area contributed by atoms with Crippen LogP contribution in [0.1, 0.15) is 20.7 Å². The number of carboxylic acids is 1. The molecule has 102 valence electrons. The fraction of sp³-hybridized carbons (Fsp3) is 0. The molecule has 0 radical (unpaired) electrons. The van der Waals surface area contributed by atoms with E-state index in [9.17, 15) is 19.1 Å². The molecule has 0 aliphatic carbocycles. The standard InChI is InChI=1S/C14H9ClFNO3/c15-9-3-6-11(14(19)20)12(7-9)17-13(18)8-1-4-10(16)5-2-8/h1-7H,(H,17,18)(H,19,20)/p-1. The van der Waals surface area contributed by atoms with E-state index in [-0.39, 0.29) is 21.8 Å². The molecule has 1 N–H and O–H groups in total. The number of rotatable bonds is 3. The van der Waals surface area contributed by atoms with Gasteiger partial charge in [-0.15, -0.1) is 0 Å². The van der Waals surface area contributed by atoms with Crippen LogP contribution in [-0.2, 0) is 0 Å². The van der Waals surface area contributed by atoms with Gasteiger partial charge in [-0.05, 0) is 42.5 Å². The van der Waals surface area contributed by atoms with E-state index < -0.39 is 17.7 Å². The zero-order valence-electron chi connectivity index (χ0n) is 10.0. The van der Waals surface area contributed by atoms with Crippen LogP contribution in [0.3, 0.4) is 0 Å². The number of hydrogen-bond donors (Lipinski definition) is 1. The van der Waals surface area contributed by atoms with E-state index in [1.54, 1.807) is 0 Å². The molecule has 20 heavy (non-hydrogen) atoms. The smallest absolute Gasteiger partial charge is 0.255 e. The summed E-state index contributed by atoms with van der Waals surface area (Å²) in [6, 6.07) is 8.74. The average Bonchev–Trinajstić information content (AvgIpc) is 2.39. The molecule has 2 aromatic carbocycles. The van der Waals surface area contributed by atoms with Crippen LogP contribution in [0.25, 0.3) is 0 Å². The van der Waals surface area contributed by atoms with Crippen molar-refractivity contribution in [1.29, 1.82) is 0 Å². The molecule has 6 heteroatoms. The number of benzene rings is 2. The van der Waals surface area contributed by atoms with Crippen LogP contribution in [0.15, 0.2) is 42.5 Å². The summed E-state index contributed by atoms with van der Waals surface area (Å²) in [7, 11) is 0.